The third-order valence-electron chi connectivity index (χ3n) is 3.44. The van der Waals surface area contributed by atoms with Crippen LogP contribution >= 0.6 is 12.2 Å². The number of H-pyrrole nitrogens is 2. The number of imidazole rings is 1. The Morgan fingerprint density at radius 2 is 1.88 bits per heavy atom. The monoisotopic (exact) mass is 233 g/mol. The van der Waals surface area contributed by atoms with Gasteiger partial charge >= 0.3 is 0 Å². The minimum atomic E-state index is 0.648. The summed E-state index contributed by atoms with van der Waals surface area (Å²) < 4.78 is 0.678. The number of aromatic nitrogens is 3. The molecule has 2 aromatic heterocycles. The second kappa shape index (κ2) is 4.01. The molecule has 1 fully saturated rings. The number of rotatable bonds is 1. The van der Waals surface area contributed by atoms with Crippen LogP contribution in [0.15, 0.2) is 12.3 Å². The van der Waals surface area contributed by atoms with E-state index in [-0.39, 0.29) is 0 Å². The summed E-state index contributed by atoms with van der Waals surface area (Å²) in [5, 5.41) is 0. The van der Waals surface area contributed by atoms with Gasteiger partial charge in [0.25, 0.3) is 0 Å². The third-order valence-corrected chi connectivity index (χ3v) is 3.65. The van der Waals surface area contributed by atoms with E-state index >= 15 is 0 Å². The van der Waals surface area contributed by atoms with Gasteiger partial charge in [0.05, 0.1) is 17.2 Å². The lowest BCUT2D eigenvalue weighted by atomic mass is 9.86. The molecule has 0 aromatic carbocycles. The van der Waals surface area contributed by atoms with Gasteiger partial charge in [0.15, 0.2) is 4.77 Å². The van der Waals surface area contributed by atoms with Crippen LogP contribution in [-0.4, -0.2) is 15.0 Å². The molecular formula is C12H15N3S. The lowest BCUT2D eigenvalue weighted by molar-refractivity contribution is 0.437. The Bertz CT molecular complexity index is 549. The van der Waals surface area contributed by atoms with Gasteiger partial charge in [-0.1, -0.05) is 19.3 Å². The van der Waals surface area contributed by atoms with Crippen molar-refractivity contribution >= 4 is 23.3 Å². The summed E-state index contributed by atoms with van der Waals surface area (Å²) >= 11 is 5.07. The molecule has 0 unspecified atom stereocenters. The number of nitrogens with one attached hydrogen (secondary N) is 2. The summed E-state index contributed by atoms with van der Waals surface area (Å²) in [6.07, 6.45) is 8.52. The smallest absolute Gasteiger partial charge is 0.175 e. The predicted molar refractivity (Wildman–Crippen MR) is 67.1 cm³/mol. The molecule has 2 heterocycles. The normalized spacial score (nSPS) is 18.0. The Hall–Kier alpha value is -1.16. The summed E-state index contributed by atoms with van der Waals surface area (Å²) in [5.41, 5.74) is 3.31. The van der Waals surface area contributed by atoms with Crippen molar-refractivity contribution in [3.63, 3.8) is 0 Å². The van der Waals surface area contributed by atoms with Crippen molar-refractivity contribution in [1.82, 2.24) is 15.0 Å². The Balaban J connectivity index is 2.00. The van der Waals surface area contributed by atoms with Crippen LogP contribution in [0, 0.1) is 4.77 Å². The van der Waals surface area contributed by atoms with Crippen LogP contribution in [0.1, 0.15) is 43.7 Å². The Labute approximate surface area is 99.3 Å². The van der Waals surface area contributed by atoms with Crippen LogP contribution in [0.3, 0.4) is 0 Å². The maximum Gasteiger partial charge on any atom is 0.175 e. The predicted octanol–water partition coefficient (Wildman–Crippen LogP) is 3.67. The van der Waals surface area contributed by atoms with E-state index in [4.69, 9.17) is 12.2 Å². The molecule has 2 N–H and O–H groups in total. The number of hydrogen-bond acceptors (Lipinski definition) is 2. The van der Waals surface area contributed by atoms with Gasteiger partial charge < -0.3 is 9.97 Å². The first-order chi connectivity index (χ1) is 7.83. The fourth-order valence-corrected chi connectivity index (χ4v) is 2.79. The number of fused-ring (bicyclic) bond motifs is 1. The van der Waals surface area contributed by atoms with Crippen molar-refractivity contribution in [3.05, 3.63) is 22.7 Å². The summed E-state index contributed by atoms with van der Waals surface area (Å²) in [6.45, 7) is 0. The average Bonchev–Trinajstić information content (AvgIpc) is 2.69. The number of nitrogens with zero attached hydrogens (tertiary/aromatic N) is 1. The molecular weight excluding hydrogens is 218 g/mol. The maximum absolute atomic E-state index is 5.07. The molecule has 0 spiro atoms. The summed E-state index contributed by atoms with van der Waals surface area (Å²) in [6, 6.07) is 2.15. The Morgan fingerprint density at radius 1 is 1.12 bits per heavy atom. The van der Waals surface area contributed by atoms with Gasteiger partial charge in [-0.2, -0.15) is 0 Å². The Morgan fingerprint density at radius 3 is 2.69 bits per heavy atom. The minimum Gasteiger partial charge on any atom is -0.331 e. The zero-order chi connectivity index (χ0) is 11.0. The lowest BCUT2D eigenvalue weighted by Gasteiger charge is -2.20. The standard InChI is InChI=1S/C12H15N3S/c16-12-14-10-6-9(13-7-11(10)15-12)8-4-2-1-3-5-8/h6-8H,1-5H2,(H2,14,15,16). The molecule has 2 aromatic rings. The molecule has 16 heavy (non-hydrogen) atoms. The second-order valence-corrected chi connectivity index (χ2v) is 4.98. The molecule has 0 amide bonds. The van der Waals surface area contributed by atoms with Gasteiger partial charge in [-0.25, -0.2) is 0 Å². The quantitative estimate of drug-likeness (QED) is 0.738. The van der Waals surface area contributed by atoms with Crippen molar-refractivity contribution in [2.75, 3.05) is 0 Å². The van der Waals surface area contributed by atoms with Gasteiger partial charge in [0.1, 0.15) is 0 Å². The van der Waals surface area contributed by atoms with Crippen LogP contribution < -0.4 is 0 Å². The third kappa shape index (κ3) is 1.78. The fraction of sp³-hybridized carbons (Fsp3) is 0.500. The number of aromatic amines is 2. The van der Waals surface area contributed by atoms with Crippen molar-refractivity contribution < 1.29 is 0 Å². The van der Waals surface area contributed by atoms with Crippen molar-refractivity contribution in [3.8, 4) is 0 Å². The topological polar surface area (TPSA) is 44.5 Å². The highest BCUT2D eigenvalue weighted by atomic mass is 32.1. The molecule has 0 saturated heterocycles. The minimum absolute atomic E-state index is 0.648. The summed E-state index contributed by atoms with van der Waals surface area (Å²) in [4.78, 5) is 10.8. The molecule has 0 bridgehead atoms. The first kappa shape index (κ1) is 10.0. The molecule has 0 atom stereocenters. The highest BCUT2D eigenvalue weighted by molar-refractivity contribution is 7.71. The molecule has 84 valence electrons. The van der Waals surface area contributed by atoms with Crippen LogP contribution in [0.2, 0.25) is 0 Å². The largest absolute Gasteiger partial charge is 0.331 e. The molecule has 0 radical (unpaired) electrons. The van der Waals surface area contributed by atoms with Crippen LogP contribution in [0.25, 0.3) is 11.0 Å². The van der Waals surface area contributed by atoms with E-state index in [1.54, 1.807) is 0 Å². The molecule has 3 nitrogen and oxygen atoms in total. The SMILES string of the molecule is S=c1[nH]c2cnc(C3CCCCC3)cc2[nH]1. The van der Waals surface area contributed by atoms with Crippen LogP contribution in [0.4, 0.5) is 0 Å². The van der Waals surface area contributed by atoms with Gasteiger partial charge in [-0.05, 0) is 31.1 Å². The van der Waals surface area contributed by atoms with E-state index in [0.717, 1.165) is 11.0 Å². The van der Waals surface area contributed by atoms with E-state index in [9.17, 15) is 0 Å². The molecule has 1 saturated carbocycles. The van der Waals surface area contributed by atoms with E-state index in [1.807, 2.05) is 6.20 Å². The second-order valence-electron chi connectivity index (χ2n) is 4.57. The molecule has 3 rings (SSSR count). The van der Waals surface area contributed by atoms with E-state index in [1.165, 1.54) is 37.8 Å². The van der Waals surface area contributed by atoms with Gasteiger partial charge in [0, 0.05) is 11.6 Å². The number of pyridine rings is 1. The first-order valence-electron chi connectivity index (χ1n) is 5.91. The molecule has 1 aliphatic rings. The fourth-order valence-electron chi connectivity index (χ4n) is 2.57. The van der Waals surface area contributed by atoms with E-state index in [0.29, 0.717) is 10.7 Å². The van der Waals surface area contributed by atoms with Gasteiger partial charge in [0.2, 0.25) is 0 Å². The number of hydrogen-bond donors (Lipinski definition) is 2. The van der Waals surface area contributed by atoms with Gasteiger partial charge in [-0.3, -0.25) is 4.98 Å². The average molecular weight is 233 g/mol. The zero-order valence-electron chi connectivity index (χ0n) is 9.12. The maximum atomic E-state index is 5.07. The van der Waals surface area contributed by atoms with Crippen LogP contribution in [-0.2, 0) is 0 Å². The van der Waals surface area contributed by atoms with Crippen LogP contribution in [0.5, 0.6) is 0 Å². The first-order valence-corrected chi connectivity index (χ1v) is 6.32. The molecule has 4 heteroatoms. The molecule has 1 aliphatic carbocycles. The summed E-state index contributed by atoms with van der Waals surface area (Å²) in [7, 11) is 0. The highest BCUT2D eigenvalue weighted by Crippen LogP contribution is 2.32. The highest BCUT2D eigenvalue weighted by Gasteiger charge is 2.17. The zero-order valence-corrected chi connectivity index (χ0v) is 9.94. The van der Waals surface area contributed by atoms with E-state index in [2.05, 4.69) is 21.0 Å². The Kier molecular flexibility index (Phi) is 2.52. The summed E-state index contributed by atoms with van der Waals surface area (Å²) in [5.74, 6) is 0.648. The van der Waals surface area contributed by atoms with Gasteiger partial charge in [-0.15, -0.1) is 0 Å². The van der Waals surface area contributed by atoms with E-state index < -0.39 is 0 Å². The van der Waals surface area contributed by atoms with Crippen molar-refractivity contribution in [2.24, 2.45) is 0 Å². The van der Waals surface area contributed by atoms with Crippen molar-refractivity contribution in [1.29, 1.82) is 0 Å². The molecule has 0 aliphatic heterocycles. The van der Waals surface area contributed by atoms with Crippen molar-refractivity contribution in [2.45, 2.75) is 38.0 Å². The lowest BCUT2D eigenvalue weighted by Crippen LogP contribution is -2.06.